The third kappa shape index (κ3) is 3.98. The summed E-state index contributed by atoms with van der Waals surface area (Å²) in [5.74, 6) is 1.72. The largest absolute Gasteiger partial charge is 0.494 e. The molecule has 2 fully saturated rings. The predicted molar refractivity (Wildman–Crippen MR) is 98.8 cm³/mol. The molecular weight excluding hydrogens is 361 g/mol. The van der Waals surface area contributed by atoms with E-state index in [9.17, 15) is 14.0 Å². The van der Waals surface area contributed by atoms with E-state index in [1.165, 1.54) is 25.0 Å². The molecule has 1 N–H and O–H groups in total. The number of nitrogens with zero attached hydrogens (tertiary/aromatic N) is 2. The number of amides is 2. The summed E-state index contributed by atoms with van der Waals surface area (Å²) in [7, 11) is 1.49. The van der Waals surface area contributed by atoms with Crippen LogP contribution in [-0.4, -0.2) is 62.9 Å². The highest BCUT2D eigenvalue weighted by atomic mass is 32.2. The van der Waals surface area contributed by atoms with Crippen LogP contribution in [0.2, 0.25) is 0 Å². The van der Waals surface area contributed by atoms with Gasteiger partial charge in [0.2, 0.25) is 5.91 Å². The van der Waals surface area contributed by atoms with Gasteiger partial charge in [-0.1, -0.05) is 0 Å². The summed E-state index contributed by atoms with van der Waals surface area (Å²) in [6.45, 7) is 3.37. The molecule has 9 heteroatoms. The molecular formula is C17H22FN3O4S. The van der Waals surface area contributed by atoms with Crippen molar-refractivity contribution in [1.29, 1.82) is 0 Å². The first kappa shape index (κ1) is 18.6. The zero-order chi connectivity index (χ0) is 18.7. The van der Waals surface area contributed by atoms with Crippen molar-refractivity contribution in [2.75, 3.05) is 54.6 Å². The van der Waals surface area contributed by atoms with Crippen molar-refractivity contribution in [2.24, 2.45) is 0 Å². The second-order valence-corrected chi connectivity index (χ2v) is 7.35. The number of cyclic esters (lactones) is 1. The molecule has 0 aromatic heterocycles. The number of methoxy groups -OCH3 is 1. The van der Waals surface area contributed by atoms with E-state index in [-0.39, 0.29) is 19.0 Å². The highest BCUT2D eigenvalue weighted by Gasteiger charge is 2.35. The van der Waals surface area contributed by atoms with E-state index in [0.717, 1.165) is 24.6 Å². The third-order valence-electron chi connectivity index (χ3n) is 4.34. The maximum absolute atomic E-state index is 14.7. The first-order valence-electron chi connectivity index (χ1n) is 8.42. The van der Waals surface area contributed by atoms with E-state index >= 15 is 0 Å². The first-order valence-corrected chi connectivity index (χ1v) is 9.58. The number of carbonyl (C=O) groups excluding carboxylic acids is 2. The van der Waals surface area contributed by atoms with Crippen molar-refractivity contribution in [3.05, 3.63) is 17.9 Å². The molecule has 142 valence electrons. The summed E-state index contributed by atoms with van der Waals surface area (Å²) < 4.78 is 25.4. The third-order valence-corrected chi connectivity index (χ3v) is 5.29. The Balaban J connectivity index is 1.82. The molecule has 0 saturated carbocycles. The molecule has 1 atom stereocenters. The number of hydrogen-bond donors (Lipinski definition) is 1. The molecule has 7 nitrogen and oxygen atoms in total. The molecule has 3 rings (SSSR count). The molecule has 1 aromatic carbocycles. The monoisotopic (exact) mass is 383 g/mol. The molecule has 2 aliphatic rings. The van der Waals surface area contributed by atoms with E-state index in [0.29, 0.717) is 17.1 Å². The minimum absolute atomic E-state index is 0.202. The van der Waals surface area contributed by atoms with Gasteiger partial charge in [0.1, 0.15) is 17.7 Å². The van der Waals surface area contributed by atoms with Gasteiger partial charge < -0.3 is 19.7 Å². The fourth-order valence-corrected chi connectivity index (χ4v) is 3.94. The van der Waals surface area contributed by atoms with E-state index in [1.54, 1.807) is 6.07 Å². The molecule has 1 aromatic rings. The Morgan fingerprint density at radius 1 is 1.38 bits per heavy atom. The van der Waals surface area contributed by atoms with E-state index < -0.39 is 18.0 Å². The zero-order valence-corrected chi connectivity index (χ0v) is 15.6. The molecule has 0 radical (unpaired) electrons. The summed E-state index contributed by atoms with van der Waals surface area (Å²) in [4.78, 5) is 26.5. The van der Waals surface area contributed by atoms with Crippen LogP contribution < -0.4 is 19.9 Å². The number of thioether (sulfide) groups is 1. The van der Waals surface area contributed by atoms with Gasteiger partial charge in [-0.15, -0.1) is 0 Å². The Hall–Kier alpha value is -2.16. The van der Waals surface area contributed by atoms with Crippen LogP contribution in [0.15, 0.2) is 12.1 Å². The van der Waals surface area contributed by atoms with Crippen LogP contribution in [-0.2, 0) is 9.53 Å². The van der Waals surface area contributed by atoms with E-state index in [2.05, 4.69) is 5.32 Å². The van der Waals surface area contributed by atoms with Gasteiger partial charge in [0.15, 0.2) is 0 Å². The lowest BCUT2D eigenvalue weighted by molar-refractivity contribution is -0.119. The minimum Gasteiger partial charge on any atom is -0.494 e. The topological polar surface area (TPSA) is 71.1 Å². The zero-order valence-electron chi connectivity index (χ0n) is 14.8. The molecule has 26 heavy (non-hydrogen) atoms. The van der Waals surface area contributed by atoms with Crippen LogP contribution in [0, 0.1) is 5.82 Å². The number of benzene rings is 1. The lowest BCUT2D eigenvalue weighted by atomic mass is 10.2. The Morgan fingerprint density at radius 3 is 2.77 bits per heavy atom. The fraction of sp³-hybridized carbons (Fsp3) is 0.529. The van der Waals surface area contributed by atoms with Crippen molar-refractivity contribution in [2.45, 2.75) is 13.0 Å². The Kier molecular flexibility index (Phi) is 5.75. The Morgan fingerprint density at radius 2 is 2.12 bits per heavy atom. The standard InChI is InChI=1S/C17H22FN3O4S/c1-11(22)19-9-12-10-21(17(23)25-12)15-7-13(18)14(8-16(15)24-2)20-3-5-26-6-4-20/h7-8,12H,3-6,9-10H2,1-2H3,(H,19,22). The molecule has 2 amide bonds. The summed E-state index contributed by atoms with van der Waals surface area (Å²) in [5.41, 5.74) is 0.809. The molecule has 2 saturated heterocycles. The van der Waals surface area contributed by atoms with Crippen molar-refractivity contribution in [1.82, 2.24) is 5.32 Å². The van der Waals surface area contributed by atoms with E-state index in [4.69, 9.17) is 9.47 Å². The SMILES string of the molecule is COc1cc(N2CCSCC2)c(F)cc1N1CC(CNC(C)=O)OC1=O. The molecule has 0 aliphatic carbocycles. The van der Waals surface area contributed by atoms with Crippen molar-refractivity contribution < 1.29 is 23.5 Å². The van der Waals surface area contributed by atoms with Gasteiger partial charge in [0.25, 0.3) is 0 Å². The smallest absolute Gasteiger partial charge is 0.414 e. The van der Waals surface area contributed by atoms with Gasteiger partial charge in [-0.25, -0.2) is 9.18 Å². The first-order chi connectivity index (χ1) is 12.5. The highest BCUT2D eigenvalue weighted by Crippen LogP contribution is 2.37. The Labute approximate surface area is 155 Å². The average molecular weight is 383 g/mol. The number of carbonyl (C=O) groups is 2. The summed E-state index contributed by atoms with van der Waals surface area (Å²) in [5, 5.41) is 2.62. The Bertz CT molecular complexity index is 697. The number of rotatable bonds is 5. The molecule has 1 unspecified atom stereocenters. The number of ether oxygens (including phenoxy) is 2. The maximum Gasteiger partial charge on any atom is 0.414 e. The normalized spacial score (nSPS) is 20.1. The van der Waals surface area contributed by atoms with Crippen LogP contribution >= 0.6 is 11.8 Å². The number of anilines is 2. The van der Waals surface area contributed by atoms with Crippen LogP contribution in [0.5, 0.6) is 5.75 Å². The lowest BCUT2D eigenvalue weighted by Crippen LogP contribution is -2.34. The van der Waals surface area contributed by atoms with E-state index in [1.807, 2.05) is 16.7 Å². The van der Waals surface area contributed by atoms with Gasteiger partial charge >= 0.3 is 6.09 Å². The highest BCUT2D eigenvalue weighted by molar-refractivity contribution is 7.99. The maximum atomic E-state index is 14.7. The van der Waals surface area contributed by atoms with Crippen molar-refractivity contribution in [3.63, 3.8) is 0 Å². The second-order valence-electron chi connectivity index (χ2n) is 6.13. The van der Waals surface area contributed by atoms with Gasteiger partial charge in [-0.2, -0.15) is 11.8 Å². The minimum atomic E-state index is -0.583. The van der Waals surface area contributed by atoms with Crippen LogP contribution in [0.3, 0.4) is 0 Å². The van der Waals surface area contributed by atoms with Crippen LogP contribution in [0.1, 0.15) is 6.92 Å². The fourth-order valence-electron chi connectivity index (χ4n) is 3.04. The predicted octanol–water partition coefficient (Wildman–Crippen LogP) is 1.85. The van der Waals surface area contributed by atoms with Gasteiger partial charge in [0, 0.05) is 43.7 Å². The quantitative estimate of drug-likeness (QED) is 0.837. The number of halogens is 1. The summed E-state index contributed by atoms with van der Waals surface area (Å²) in [6, 6.07) is 2.95. The van der Waals surface area contributed by atoms with Crippen molar-refractivity contribution >= 4 is 35.1 Å². The number of hydrogen-bond acceptors (Lipinski definition) is 6. The molecule has 0 spiro atoms. The molecule has 0 bridgehead atoms. The van der Waals surface area contributed by atoms with Gasteiger partial charge in [-0.3, -0.25) is 9.69 Å². The molecule has 2 aliphatic heterocycles. The molecule has 2 heterocycles. The lowest BCUT2D eigenvalue weighted by Gasteiger charge is -2.30. The van der Waals surface area contributed by atoms with Crippen molar-refractivity contribution in [3.8, 4) is 5.75 Å². The second kappa shape index (κ2) is 8.03. The van der Waals surface area contributed by atoms with Gasteiger partial charge in [0.05, 0.1) is 31.6 Å². The van der Waals surface area contributed by atoms with Gasteiger partial charge in [-0.05, 0) is 0 Å². The summed E-state index contributed by atoms with van der Waals surface area (Å²) in [6.07, 6.45) is -1.07. The average Bonchev–Trinajstić information content (AvgIpc) is 3.01. The number of nitrogens with one attached hydrogen (secondary N) is 1. The van der Waals surface area contributed by atoms with Crippen LogP contribution in [0.4, 0.5) is 20.6 Å². The van der Waals surface area contributed by atoms with Crippen LogP contribution in [0.25, 0.3) is 0 Å². The summed E-state index contributed by atoms with van der Waals surface area (Å²) >= 11 is 1.85.